The molecule has 0 amide bonds. The molecule has 0 radical (unpaired) electrons. The van der Waals surface area contributed by atoms with Crippen molar-refractivity contribution in [2.45, 2.75) is 0 Å². The standard InChI is InChI=1S/C21H15N3O3/c1-4-13-22-18(10-1)25-16-8-7-9-17(26-19-11-2-5-14-23-19)21(16)27-20-12-3-6-15-24-20/h1-15H. The Balaban J connectivity index is 1.72. The van der Waals surface area contributed by atoms with Crippen molar-refractivity contribution in [2.75, 3.05) is 0 Å². The quantitative estimate of drug-likeness (QED) is 0.470. The Bertz CT molecular complexity index is 937. The fourth-order valence-corrected chi connectivity index (χ4v) is 2.31. The average molecular weight is 357 g/mol. The molecule has 1 aromatic carbocycles. The van der Waals surface area contributed by atoms with E-state index in [-0.39, 0.29) is 0 Å². The maximum atomic E-state index is 5.97. The van der Waals surface area contributed by atoms with E-state index in [2.05, 4.69) is 15.0 Å². The van der Waals surface area contributed by atoms with E-state index in [1.165, 1.54) is 0 Å². The van der Waals surface area contributed by atoms with Gasteiger partial charge in [-0.2, -0.15) is 0 Å². The van der Waals surface area contributed by atoms with Crippen molar-refractivity contribution < 1.29 is 14.2 Å². The zero-order chi connectivity index (χ0) is 18.3. The van der Waals surface area contributed by atoms with E-state index >= 15 is 0 Å². The molecule has 4 rings (SSSR count). The van der Waals surface area contributed by atoms with Crippen LogP contribution in [-0.4, -0.2) is 15.0 Å². The van der Waals surface area contributed by atoms with Crippen LogP contribution >= 0.6 is 0 Å². The first-order valence-corrected chi connectivity index (χ1v) is 8.28. The Morgan fingerprint density at radius 1 is 0.444 bits per heavy atom. The minimum absolute atomic E-state index is 0.382. The summed E-state index contributed by atoms with van der Waals surface area (Å²) in [5, 5.41) is 0. The Morgan fingerprint density at radius 2 is 0.889 bits per heavy atom. The second kappa shape index (κ2) is 7.97. The number of pyridine rings is 3. The van der Waals surface area contributed by atoms with Gasteiger partial charge in [0.25, 0.3) is 0 Å². The molecular formula is C21H15N3O3. The smallest absolute Gasteiger partial charge is 0.219 e. The largest absolute Gasteiger partial charge is 0.435 e. The van der Waals surface area contributed by atoms with E-state index in [0.29, 0.717) is 34.9 Å². The first-order valence-electron chi connectivity index (χ1n) is 8.28. The van der Waals surface area contributed by atoms with E-state index in [1.807, 2.05) is 42.5 Å². The number of ether oxygens (including phenoxy) is 3. The Labute approximate surface area is 156 Å². The van der Waals surface area contributed by atoms with Crippen molar-refractivity contribution in [3.05, 3.63) is 91.4 Å². The number of hydrogen-bond donors (Lipinski definition) is 0. The Kier molecular flexibility index (Phi) is 4.88. The summed E-state index contributed by atoms with van der Waals surface area (Å²) in [5.41, 5.74) is 0. The van der Waals surface area contributed by atoms with Crippen molar-refractivity contribution in [3.8, 4) is 34.9 Å². The predicted octanol–water partition coefficient (Wildman–Crippen LogP) is 5.25. The number of hydrogen-bond acceptors (Lipinski definition) is 6. The van der Waals surface area contributed by atoms with Gasteiger partial charge < -0.3 is 14.2 Å². The molecule has 0 fully saturated rings. The van der Waals surface area contributed by atoms with Crippen molar-refractivity contribution >= 4 is 0 Å². The third-order valence-electron chi connectivity index (χ3n) is 3.49. The Morgan fingerprint density at radius 3 is 1.30 bits per heavy atom. The summed E-state index contributed by atoms with van der Waals surface area (Å²) < 4.78 is 17.8. The lowest BCUT2D eigenvalue weighted by Crippen LogP contribution is -1.96. The van der Waals surface area contributed by atoms with Crippen LogP contribution in [0.2, 0.25) is 0 Å². The highest BCUT2D eigenvalue weighted by atomic mass is 16.6. The molecule has 0 aliphatic rings. The molecule has 6 nitrogen and oxygen atoms in total. The van der Waals surface area contributed by atoms with E-state index in [0.717, 1.165) is 0 Å². The molecule has 132 valence electrons. The van der Waals surface area contributed by atoms with Crippen LogP contribution in [0.25, 0.3) is 0 Å². The topological polar surface area (TPSA) is 66.4 Å². The zero-order valence-electron chi connectivity index (χ0n) is 14.2. The molecule has 0 saturated heterocycles. The molecule has 0 spiro atoms. The summed E-state index contributed by atoms with van der Waals surface area (Å²) >= 11 is 0. The summed E-state index contributed by atoms with van der Waals surface area (Å²) in [4.78, 5) is 12.6. The van der Waals surface area contributed by atoms with Gasteiger partial charge in [-0.05, 0) is 30.3 Å². The van der Waals surface area contributed by atoms with Crippen LogP contribution in [0.3, 0.4) is 0 Å². The fraction of sp³-hybridized carbons (Fsp3) is 0. The van der Waals surface area contributed by atoms with E-state index in [1.54, 1.807) is 48.9 Å². The number of aromatic nitrogens is 3. The van der Waals surface area contributed by atoms with E-state index in [4.69, 9.17) is 14.2 Å². The molecule has 0 bridgehead atoms. The maximum Gasteiger partial charge on any atom is 0.219 e. The third-order valence-corrected chi connectivity index (χ3v) is 3.49. The molecule has 4 aromatic rings. The van der Waals surface area contributed by atoms with Crippen LogP contribution in [0, 0.1) is 0 Å². The van der Waals surface area contributed by atoms with Crippen LogP contribution in [0.5, 0.6) is 34.9 Å². The van der Waals surface area contributed by atoms with Crippen molar-refractivity contribution in [3.63, 3.8) is 0 Å². The fourth-order valence-electron chi connectivity index (χ4n) is 2.31. The highest BCUT2D eigenvalue weighted by Crippen LogP contribution is 2.42. The van der Waals surface area contributed by atoms with Gasteiger partial charge in [0.1, 0.15) is 0 Å². The van der Waals surface area contributed by atoms with Crippen LogP contribution in [-0.2, 0) is 0 Å². The number of nitrogens with zero attached hydrogens (tertiary/aromatic N) is 3. The van der Waals surface area contributed by atoms with Gasteiger partial charge in [-0.15, -0.1) is 0 Å². The summed E-state index contributed by atoms with van der Waals surface area (Å²) in [6.45, 7) is 0. The van der Waals surface area contributed by atoms with Gasteiger partial charge in [-0.25, -0.2) is 15.0 Å². The summed E-state index contributed by atoms with van der Waals surface area (Å²) in [6, 6.07) is 21.6. The van der Waals surface area contributed by atoms with Crippen molar-refractivity contribution in [1.82, 2.24) is 15.0 Å². The monoisotopic (exact) mass is 357 g/mol. The van der Waals surface area contributed by atoms with Gasteiger partial charge in [0.15, 0.2) is 11.5 Å². The minimum atomic E-state index is 0.382. The molecule has 0 unspecified atom stereocenters. The van der Waals surface area contributed by atoms with Gasteiger partial charge >= 0.3 is 0 Å². The zero-order valence-corrected chi connectivity index (χ0v) is 14.2. The lowest BCUT2D eigenvalue weighted by molar-refractivity contribution is 0.371. The van der Waals surface area contributed by atoms with Crippen LogP contribution < -0.4 is 14.2 Å². The molecular weight excluding hydrogens is 342 g/mol. The molecule has 0 saturated carbocycles. The van der Waals surface area contributed by atoms with Crippen molar-refractivity contribution in [1.29, 1.82) is 0 Å². The number of para-hydroxylation sites is 1. The second-order valence-corrected chi connectivity index (χ2v) is 5.39. The Hall–Kier alpha value is -3.93. The number of benzene rings is 1. The number of rotatable bonds is 6. The average Bonchev–Trinajstić information content (AvgIpc) is 2.73. The van der Waals surface area contributed by atoms with Gasteiger partial charge in [0.05, 0.1) is 0 Å². The minimum Gasteiger partial charge on any atom is -0.435 e. The lowest BCUT2D eigenvalue weighted by Gasteiger charge is -2.15. The first kappa shape index (κ1) is 16.5. The molecule has 0 aliphatic carbocycles. The van der Waals surface area contributed by atoms with Gasteiger partial charge in [-0.3, -0.25) is 0 Å². The van der Waals surface area contributed by atoms with Crippen LogP contribution in [0.15, 0.2) is 91.4 Å². The summed E-state index contributed by atoms with van der Waals surface area (Å²) in [7, 11) is 0. The van der Waals surface area contributed by atoms with E-state index in [9.17, 15) is 0 Å². The van der Waals surface area contributed by atoms with Gasteiger partial charge in [0.2, 0.25) is 23.4 Å². The summed E-state index contributed by atoms with van der Waals surface area (Å²) in [6.07, 6.45) is 4.96. The van der Waals surface area contributed by atoms with Crippen LogP contribution in [0.1, 0.15) is 0 Å². The third kappa shape index (κ3) is 4.19. The molecule has 0 aliphatic heterocycles. The SMILES string of the molecule is c1ccc(Oc2cccc(Oc3ccccn3)c2Oc2ccccn2)nc1. The van der Waals surface area contributed by atoms with E-state index < -0.39 is 0 Å². The van der Waals surface area contributed by atoms with Crippen LogP contribution in [0.4, 0.5) is 0 Å². The second-order valence-electron chi connectivity index (χ2n) is 5.39. The van der Waals surface area contributed by atoms with Gasteiger partial charge in [-0.1, -0.05) is 24.3 Å². The predicted molar refractivity (Wildman–Crippen MR) is 99.4 cm³/mol. The molecule has 3 heterocycles. The van der Waals surface area contributed by atoms with Crippen molar-refractivity contribution in [2.24, 2.45) is 0 Å². The molecule has 27 heavy (non-hydrogen) atoms. The molecule has 0 atom stereocenters. The van der Waals surface area contributed by atoms with Gasteiger partial charge in [0, 0.05) is 36.8 Å². The molecule has 3 aromatic heterocycles. The molecule has 6 heteroatoms. The first-order chi connectivity index (χ1) is 13.4. The highest BCUT2D eigenvalue weighted by molar-refractivity contribution is 5.54. The molecule has 0 N–H and O–H groups in total. The normalized spacial score (nSPS) is 10.2. The highest BCUT2D eigenvalue weighted by Gasteiger charge is 2.16. The maximum absolute atomic E-state index is 5.97. The lowest BCUT2D eigenvalue weighted by atomic mass is 10.3. The summed E-state index contributed by atoms with van der Waals surface area (Å²) in [5.74, 6) is 2.59.